The number of aliphatic imine (C=N–C) groups is 1. The number of hydrogen-bond donors (Lipinski definition) is 1. The summed E-state index contributed by atoms with van der Waals surface area (Å²) in [6, 6.07) is 7.98. The first-order valence-corrected chi connectivity index (χ1v) is 13.8. The monoisotopic (exact) mass is 538 g/mol. The highest BCUT2D eigenvalue weighted by Crippen LogP contribution is 2.37. The number of para-hydroxylation sites is 2. The Kier molecular flexibility index (Phi) is 6.68. The molecule has 1 fully saturated rings. The molecule has 1 aliphatic carbocycles. The smallest absolute Gasteiger partial charge is 0.332 e. The van der Waals surface area contributed by atoms with E-state index in [9.17, 15) is 9.59 Å². The molecule has 2 aliphatic heterocycles. The molecule has 1 saturated heterocycles. The van der Waals surface area contributed by atoms with Crippen molar-refractivity contribution >= 4 is 34.2 Å². The van der Waals surface area contributed by atoms with Crippen molar-refractivity contribution in [3.63, 3.8) is 0 Å². The Labute approximate surface area is 232 Å². The van der Waals surface area contributed by atoms with Crippen molar-refractivity contribution < 1.29 is 0 Å². The van der Waals surface area contributed by atoms with Crippen molar-refractivity contribution in [3.8, 4) is 11.8 Å². The lowest BCUT2D eigenvalue weighted by Gasteiger charge is -2.31. The van der Waals surface area contributed by atoms with Gasteiger partial charge in [0.25, 0.3) is 5.56 Å². The van der Waals surface area contributed by atoms with Gasteiger partial charge in [0.15, 0.2) is 11.2 Å². The lowest BCUT2D eigenvalue weighted by Crippen LogP contribution is -2.44. The Morgan fingerprint density at radius 3 is 2.77 bits per heavy atom. The Hall–Kier alpha value is -4.36. The van der Waals surface area contributed by atoms with Crippen LogP contribution >= 0.6 is 0 Å². The maximum absolute atomic E-state index is 14.2. The maximum atomic E-state index is 14.2. The van der Waals surface area contributed by atoms with Crippen LogP contribution in [-0.2, 0) is 20.1 Å². The molecule has 2 aromatic heterocycles. The van der Waals surface area contributed by atoms with E-state index in [4.69, 9.17) is 15.7 Å². The molecule has 10 nitrogen and oxygen atoms in total. The molecule has 0 amide bonds. The van der Waals surface area contributed by atoms with E-state index in [1.165, 1.54) is 9.13 Å². The number of imidazole rings is 1. The Bertz CT molecular complexity index is 1770. The van der Waals surface area contributed by atoms with Crippen molar-refractivity contribution in [1.29, 1.82) is 0 Å². The second-order valence-electron chi connectivity index (χ2n) is 10.6. The highest BCUT2D eigenvalue weighted by atomic mass is 16.2. The second-order valence-corrected chi connectivity index (χ2v) is 10.6. The number of nitrogens with two attached hydrogens (primary N) is 1. The summed E-state index contributed by atoms with van der Waals surface area (Å²) in [5, 5.41) is 0. The lowest BCUT2D eigenvalue weighted by molar-refractivity contribution is 0.496. The molecule has 206 valence electrons. The zero-order chi connectivity index (χ0) is 28.0. The predicted molar refractivity (Wildman–Crippen MR) is 159 cm³/mol. The SMILES string of the molecule is CC#CCn1c(N2CCCC(N)C2)nc2c1c(=O)n(CC1=Nc3ccccc3N(C)C3=C1C=CCC3)c(=O)n2C. The van der Waals surface area contributed by atoms with Crippen LogP contribution in [0.3, 0.4) is 0 Å². The van der Waals surface area contributed by atoms with Gasteiger partial charge in [-0.1, -0.05) is 30.2 Å². The van der Waals surface area contributed by atoms with Crippen LogP contribution < -0.4 is 26.8 Å². The predicted octanol–water partition coefficient (Wildman–Crippen LogP) is 2.67. The molecule has 3 aromatic rings. The van der Waals surface area contributed by atoms with E-state index >= 15 is 0 Å². The van der Waals surface area contributed by atoms with Crippen molar-refractivity contribution in [2.75, 3.05) is 29.9 Å². The van der Waals surface area contributed by atoms with Crippen LogP contribution in [0.25, 0.3) is 11.2 Å². The summed E-state index contributed by atoms with van der Waals surface area (Å²) in [7, 11) is 3.71. The maximum Gasteiger partial charge on any atom is 0.332 e. The zero-order valence-electron chi connectivity index (χ0n) is 23.2. The first-order chi connectivity index (χ1) is 19.4. The summed E-state index contributed by atoms with van der Waals surface area (Å²) in [4.78, 5) is 42.0. The van der Waals surface area contributed by atoms with E-state index in [0.717, 1.165) is 54.9 Å². The number of aryl methyl sites for hydroxylation is 1. The van der Waals surface area contributed by atoms with E-state index in [1.807, 2.05) is 35.9 Å². The van der Waals surface area contributed by atoms with Gasteiger partial charge in [0.1, 0.15) is 0 Å². The molecule has 4 heterocycles. The van der Waals surface area contributed by atoms with Gasteiger partial charge in [-0.15, -0.1) is 5.92 Å². The summed E-state index contributed by atoms with van der Waals surface area (Å²) in [5.74, 6) is 6.65. The number of allylic oxidation sites excluding steroid dienone is 4. The van der Waals surface area contributed by atoms with Crippen LogP contribution in [0.15, 0.2) is 62.3 Å². The third-order valence-corrected chi connectivity index (χ3v) is 8.03. The van der Waals surface area contributed by atoms with Gasteiger partial charge < -0.3 is 15.5 Å². The fourth-order valence-corrected chi connectivity index (χ4v) is 5.97. The molecule has 1 atom stereocenters. The first kappa shape index (κ1) is 25.9. The number of rotatable bonds is 4. The molecule has 0 saturated carbocycles. The average Bonchev–Trinajstić information content (AvgIpc) is 3.31. The molecular weight excluding hydrogens is 504 g/mol. The van der Waals surface area contributed by atoms with Crippen molar-refractivity contribution in [3.05, 3.63) is 68.5 Å². The van der Waals surface area contributed by atoms with Crippen LogP contribution in [-0.4, -0.2) is 50.6 Å². The third-order valence-electron chi connectivity index (χ3n) is 8.03. The summed E-state index contributed by atoms with van der Waals surface area (Å²) in [6.07, 6.45) is 7.85. The number of fused-ring (bicyclic) bond motifs is 2. The van der Waals surface area contributed by atoms with E-state index in [2.05, 4.69) is 33.8 Å². The van der Waals surface area contributed by atoms with Crippen LogP contribution in [0, 0.1) is 11.8 Å². The van der Waals surface area contributed by atoms with Crippen molar-refractivity contribution in [2.45, 2.75) is 51.7 Å². The molecule has 0 radical (unpaired) electrons. The van der Waals surface area contributed by atoms with Gasteiger partial charge in [-0.3, -0.25) is 18.5 Å². The van der Waals surface area contributed by atoms with Gasteiger partial charge in [0.2, 0.25) is 5.95 Å². The standard InChI is InChI=1S/C30H34N8O2/c1-4-5-17-37-26-27(33-29(37)36-16-10-11-20(31)18-36)35(3)30(40)38(28(26)39)19-23-21-12-6-8-14-24(21)34(2)25-15-9-7-13-22(25)32-23/h6-7,9,12-13,15,20H,8,10-11,14,16-19,31H2,1-3H3. The number of aromatic nitrogens is 4. The van der Waals surface area contributed by atoms with Crippen LogP contribution in [0.2, 0.25) is 0 Å². The molecule has 2 N–H and O–H groups in total. The van der Waals surface area contributed by atoms with Crippen molar-refractivity contribution in [1.82, 2.24) is 18.7 Å². The molecule has 0 bridgehead atoms. The molecule has 10 heteroatoms. The van der Waals surface area contributed by atoms with Gasteiger partial charge >= 0.3 is 5.69 Å². The Morgan fingerprint density at radius 2 is 1.98 bits per heavy atom. The van der Waals surface area contributed by atoms with Gasteiger partial charge in [0, 0.05) is 44.5 Å². The van der Waals surface area contributed by atoms with E-state index in [-0.39, 0.29) is 12.6 Å². The van der Waals surface area contributed by atoms with E-state index < -0.39 is 11.2 Å². The highest BCUT2D eigenvalue weighted by Gasteiger charge is 2.28. The molecule has 1 aromatic carbocycles. The molecule has 0 spiro atoms. The van der Waals surface area contributed by atoms with Gasteiger partial charge in [-0.25, -0.2) is 9.79 Å². The minimum absolute atomic E-state index is 0.0278. The largest absolute Gasteiger partial charge is 0.346 e. The lowest BCUT2D eigenvalue weighted by atomic mass is 9.98. The van der Waals surface area contributed by atoms with E-state index in [1.54, 1.807) is 14.0 Å². The number of piperidine rings is 1. The summed E-state index contributed by atoms with van der Waals surface area (Å²) in [6.45, 7) is 3.52. The second kappa shape index (κ2) is 10.3. The van der Waals surface area contributed by atoms with Crippen LogP contribution in [0.5, 0.6) is 0 Å². The van der Waals surface area contributed by atoms with E-state index in [0.29, 0.717) is 35.9 Å². The Morgan fingerprint density at radius 1 is 1.15 bits per heavy atom. The minimum atomic E-state index is -0.429. The molecule has 3 aliphatic rings. The molecule has 1 unspecified atom stereocenters. The molecule has 40 heavy (non-hydrogen) atoms. The van der Waals surface area contributed by atoms with Gasteiger partial charge in [-0.05, 0) is 44.7 Å². The van der Waals surface area contributed by atoms with Gasteiger partial charge in [0.05, 0.1) is 30.2 Å². The van der Waals surface area contributed by atoms with Crippen LogP contribution in [0.4, 0.5) is 17.3 Å². The highest BCUT2D eigenvalue weighted by molar-refractivity contribution is 6.07. The normalized spacial score (nSPS) is 18.7. The van der Waals surface area contributed by atoms with Gasteiger partial charge in [-0.2, -0.15) is 4.98 Å². The number of benzene rings is 1. The number of anilines is 2. The molecular formula is C30H34N8O2. The fourth-order valence-electron chi connectivity index (χ4n) is 5.97. The summed E-state index contributed by atoms with van der Waals surface area (Å²) < 4.78 is 4.58. The number of hydrogen-bond acceptors (Lipinski definition) is 7. The van der Waals surface area contributed by atoms with Crippen LogP contribution in [0.1, 0.15) is 32.6 Å². The topological polar surface area (TPSA) is 107 Å². The number of nitrogens with zero attached hydrogens (tertiary/aromatic N) is 7. The Balaban J connectivity index is 1.54. The molecule has 6 rings (SSSR count). The van der Waals surface area contributed by atoms with Crippen molar-refractivity contribution in [2.24, 2.45) is 17.8 Å². The minimum Gasteiger partial charge on any atom is -0.346 e. The summed E-state index contributed by atoms with van der Waals surface area (Å²) >= 11 is 0. The fraction of sp³-hybridized carbons (Fsp3) is 0.400. The summed E-state index contributed by atoms with van der Waals surface area (Å²) in [5.41, 5.74) is 10.7. The third kappa shape index (κ3) is 4.27. The first-order valence-electron chi connectivity index (χ1n) is 13.8. The average molecular weight is 539 g/mol. The zero-order valence-corrected chi connectivity index (χ0v) is 23.2. The quantitative estimate of drug-likeness (QED) is 0.512.